The van der Waals surface area contributed by atoms with E-state index in [4.69, 9.17) is 4.98 Å². The molecule has 1 aliphatic carbocycles. The number of nitrogens with one attached hydrogen (secondary N) is 1. The minimum absolute atomic E-state index is 0.00251. The number of aryl methyl sites for hydroxylation is 1. The van der Waals surface area contributed by atoms with E-state index in [1.807, 2.05) is 10.8 Å². The van der Waals surface area contributed by atoms with Gasteiger partial charge in [0.2, 0.25) is 5.95 Å². The molecule has 0 amide bonds. The first-order valence-electron chi connectivity index (χ1n) is 11.9. The largest absolute Gasteiger partial charge is 0.393 e. The zero-order valence-corrected chi connectivity index (χ0v) is 19.6. The summed E-state index contributed by atoms with van der Waals surface area (Å²) in [6, 6.07) is 0.272. The maximum Gasteiger partial charge on any atom is 0.261 e. The second-order valence-corrected chi connectivity index (χ2v) is 9.36. The van der Waals surface area contributed by atoms with Crippen LogP contribution in [0.1, 0.15) is 76.7 Å². The number of aromatic nitrogens is 3. The van der Waals surface area contributed by atoms with Crippen LogP contribution in [0, 0.1) is 0 Å². The zero-order valence-electron chi connectivity index (χ0n) is 19.6. The molecule has 3 rings (SSSR count). The Balaban J connectivity index is 1.91. The van der Waals surface area contributed by atoms with Crippen molar-refractivity contribution in [2.24, 2.45) is 0 Å². The van der Waals surface area contributed by atoms with E-state index in [-0.39, 0.29) is 17.7 Å². The van der Waals surface area contributed by atoms with Crippen LogP contribution in [0.4, 0.5) is 5.95 Å². The van der Waals surface area contributed by atoms with Gasteiger partial charge in [-0.25, -0.2) is 9.97 Å². The van der Waals surface area contributed by atoms with E-state index in [1.165, 1.54) is 0 Å². The Morgan fingerprint density at radius 2 is 1.97 bits per heavy atom. The molecule has 2 aromatic heterocycles. The molecule has 1 saturated carbocycles. The fourth-order valence-corrected chi connectivity index (χ4v) is 4.33. The SMILES string of the molecule is CC[C@H](C)Nc1ncc2c(=O)n(CCCCCN(C)C)cc(C3CCC(O)CC3)c2n1. The molecule has 0 aromatic carbocycles. The van der Waals surface area contributed by atoms with Crippen LogP contribution in [0.3, 0.4) is 0 Å². The Labute approximate surface area is 185 Å². The lowest BCUT2D eigenvalue weighted by molar-refractivity contribution is 0.122. The van der Waals surface area contributed by atoms with Crippen LogP contribution >= 0.6 is 0 Å². The molecule has 0 aliphatic heterocycles. The normalized spacial score (nSPS) is 20.3. The van der Waals surface area contributed by atoms with Crippen LogP contribution in [0.5, 0.6) is 0 Å². The Morgan fingerprint density at radius 3 is 2.65 bits per heavy atom. The maximum atomic E-state index is 13.2. The monoisotopic (exact) mass is 429 g/mol. The molecule has 7 nitrogen and oxygen atoms in total. The topological polar surface area (TPSA) is 83.3 Å². The van der Waals surface area contributed by atoms with Gasteiger partial charge in [-0.2, -0.15) is 0 Å². The summed E-state index contributed by atoms with van der Waals surface area (Å²) in [5.74, 6) is 0.901. The van der Waals surface area contributed by atoms with Gasteiger partial charge in [0.05, 0.1) is 17.0 Å². The summed E-state index contributed by atoms with van der Waals surface area (Å²) >= 11 is 0. The summed E-state index contributed by atoms with van der Waals surface area (Å²) in [5, 5.41) is 13.9. The number of aliphatic hydroxyl groups excluding tert-OH is 1. The van der Waals surface area contributed by atoms with Crippen molar-refractivity contribution in [3.63, 3.8) is 0 Å². The summed E-state index contributed by atoms with van der Waals surface area (Å²) in [5.41, 5.74) is 1.90. The summed E-state index contributed by atoms with van der Waals surface area (Å²) in [4.78, 5) is 24.6. The van der Waals surface area contributed by atoms with Gasteiger partial charge >= 0.3 is 0 Å². The highest BCUT2D eigenvalue weighted by molar-refractivity contribution is 5.81. The lowest BCUT2D eigenvalue weighted by atomic mass is 9.82. The molecular formula is C24H39N5O2. The molecule has 0 saturated heterocycles. The van der Waals surface area contributed by atoms with E-state index in [1.54, 1.807) is 6.20 Å². The van der Waals surface area contributed by atoms with Gasteiger partial charge in [0, 0.05) is 25.0 Å². The molecule has 172 valence electrons. The predicted molar refractivity (Wildman–Crippen MR) is 127 cm³/mol. The molecule has 1 atom stereocenters. The number of hydrogen-bond acceptors (Lipinski definition) is 6. The van der Waals surface area contributed by atoms with Gasteiger partial charge in [0.15, 0.2) is 0 Å². The first kappa shape index (κ1) is 23.7. The highest BCUT2D eigenvalue weighted by atomic mass is 16.3. The molecule has 0 radical (unpaired) electrons. The molecular weight excluding hydrogens is 390 g/mol. The minimum atomic E-state index is -0.206. The Bertz CT molecular complexity index is 903. The number of fused-ring (bicyclic) bond motifs is 1. The lowest BCUT2D eigenvalue weighted by Crippen LogP contribution is -2.25. The number of anilines is 1. The van der Waals surface area contributed by atoms with Crippen LogP contribution in [-0.4, -0.2) is 57.3 Å². The van der Waals surface area contributed by atoms with Gasteiger partial charge in [0.1, 0.15) is 0 Å². The average molecular weight is 430 g/mol. The van der Waals surface area contributed by atoms with E-state index in [0.29, 0.717) is 17.3 Å². The van der Waals surface area contributed by atoms with Crippen LogP contribution < -0.4 is 10.9 Å². The highest BCUT2D eigenvalue weighted by Gasteiger charge is 2.25. The molecule has 7 heteroatoms. The van der Waals surface area contributed by atoms with Gasteiger partial charge < -0.3 is 19.9 Å². The van der Waals surface area contributed by atoms with E-state index in [2.05, 4.69) is 43.1 Å². The molecule has 2 N–H and O–H groups in total. The van der Waals surface area contributed by atoms with Crippen molar-refractivity contribution in [3.05, 3.63) is 28.3 Å². The Kier molecular flexibility index (Phi) is 8.43. The summed E-state index contributed by atoms with van der Waals surface area (Å²) in [7, 11) is 4.18. The molecule has 1 fully saturated rings. The molecule has 31 heavy (non-hydrogen) atoms. The highest BCUT2D eigenvalue weighted by Crippen LogP contribution is 2.35. The fourth-order valence-electron chi connectivity index (χ4n) is 4.33. The third-order valence-electron chi connectivity index (χ3n) is 6.48. The number of aliphatic hydroxyl groups is 1. The molecule has 2 heterocycles. The van der Waals surface area contributed by atoms with Gasteiger partial charge in [-0.1, -0.05) is 13.3 Å². The molecule has 0 bridgehead atoms. The number of pyridine rings is 1. The van der Waals surface area contributed by atoms with Crippen LogP contribution in [0.2, 0.25) is 0 Å². The predicted octanol–water partition coefficient (Wildman–Crippen LogP) is 3.75. The Morgan fingerprint density at radius 1 is 1.23 bits per heavy atom. The quantitative estimate of drug-likeness (QED) is 0.560. The van der Waals surface area contributed by atoms with Crippen molar-refractivity contribution in [1.29, 1.82) is 0 Å². The van der Waals surface area contributed by atoms with Crippen molar-refractivity contribution in [2.45, 2.75) is 89.8 Å². The van der Waals surface area contributed by atoms with Crippen molar-refractivity contribution in [3.8, 4) is 0 Å². The van der Waals surface area contributed by atoms with Crippen LogP contribution in [0.25, 0.3) is 10.9 Å². The van der Waals surface area contributed by atoms with E-state index < -0.39 is 0 Å². The van der Waals surface area contributed by atoms with E-state index >= 15 is 0 Å². The molecule has 2 aromatic rings. The summed E-state index contributed by atoms with van der Waals surface area (Å²) in [6.45, 7) is 6.01. The van der Waals surface area contributed by atoms with E-state index in [9.17, 15) is 9.90 Å². The number of hydrogen-bond donors (Lipinski definition) is 2. The van der Waals surface area contributed by atoms with Crippen LogP contribution in [0.15, 0.2) is 17.2 Å². The van der Waals surface area contributed by atoms with Crippen molar-refractivity contribution >= 4 is 16.9 Å². The molecule has 1 aliphatic rings. The average Bonchev–Trinajstić information content (AvgIpc) is 2.75. The van der Waals surface area contributed by atoms with Gasteiger partial charge in [-0.3, -0.25) is 4.79 Å². The number of unbranched alkanes of at least 4 members (excludes halogenated alkanes) is 2. The smallest absolute Gasteiger partial charge is 0.261 e. The molecule has 0 unspecified atom stereocenters. The minimum Gasteiger partial charge on any atom is -0.393 e. The van der Waals surface area contributed by atoms with E-state index in [0.717, 1.165) is 75.5 Å². The van der Waals surface area contributed by atoms with Gasteiger partial charge in [-0.15, -0.1) is 0 Å². The standard InChI is InChI=1S/C24H39N5O2/c1-5-17(2)26-24-25-15-20-22(27-24)21(18-9-11-19(30)12-10-18)16-29(23(20)31)14-8-6-7-13-28(3)4/h15-19,30H,5-14H2,1-4H3,(H,25,26,27)/t17-,18?,19?/m0/s1. The fraction of sp³-hybridized carbons (Fsp3) is 0.708. The maximum absolute atomic E-state index is 13.2. The number of nitrogens with zero attached hydrogens (tertiary/aromatic N) is 4. The lowest BCUT2D eigenvalue weighted by Gasteiger charge is -2.27. The van der Waals surface area contributed by atoms with Gasteiger partial charge in [0.25, 0.3) is 5.56 Å². The van der Waals surface area contributed by atoms with Crippen molar-refractivity contribution in [2.75, 3.05) is 26.0 Å². The van der Waals surface area contributed by atoms with Gasteiger partial charge in [-0.05, 0) is 84.0 Å². The summed E-state index contributed by atoms with van der Waals surface area (Å²) < 4.78 is 1.86. The second-order valence-electron chi connectivity index (χ2n) is 9.36. The first-order chi connectivity index (χ1) is 14.9. The molecule has 0 spiro atoms. The Hall–Kier alpha value is -1.99. The second kappa shape index (κ2) is 11.0. The summed E-state index contributed by atoms with van der Waals surface area (Å²) in [6.07, 6.45) is 11.2. The van der Waals surface area contributed by atoms with Crippen LogP contribution in [-0.2, 0) is 6.54 Å². The zero-order chi connectivity index (χ0) is 22.4. The first-order valence-corrected chi connectivity index (χ1v) is 11.9. The third-order valence-corrected chi connectivity index (χ3v) is 6.48. The van der Waals surface area contributed by atoms with Crippen molar-refractivity contribution in [1.82, 2.24) is 19.4 Å². The van der Waals surface area contributed by atoms with Crippen molar-refractivity contribution < 1.29 is 5.11 Å². The third kappa shape index (κ3) is 6.26. The number of rotatable bonds is 10.